The maximum atomic E-state index is 13.2. The Balaban J connectivity index is 1.74. The zero-order valence-electron chi connectivity index (χ0n) is 22.1. The molecular formula is C28H33N7O5S. The first-order valence-corrected chi connectivity index (χ1v) is 14.2. The molecule has 3 rings (SSSR count). The monoisotopic (exact) mass is 579 g/mol. The van der Waals surface area contributed by atoms with Crippen molar-refractivity contribution in [1.82, 2.24) is 15.4 Å². The Bertz CT molecular complexity index is 1480. The van der Waals surface area contributed by atoms with Crippen molar-refractivity contribution >= 4 is 33.5 Å². The number of nitrogen functional groups attached to an aromatic ring is 2. The number of sulfonamides is 1. The summed E-state index contributed by atoms with van der Waals surface area (Å²) in [6, 6.07) is 18.9. The molecular weight excluding hydrogens is 546 g/mol. The third-order valence-electron chi connectivity index (χ3n) is 6.09. The van der Waals surface area contributed by atoms with Gasteiger partial charge in [-0.15, -0.1) is 0 Å². The molecule has 2 amide bonds. The highest BCUT2D eigenvalue weighted by Crippen LogP contribution is 2.10. The number of benzene rings is 3. The van der Waals surface area contributed by atoms with Crippen LogP contribution < -0.4 is 26.8 Å². The third-order valence-corrected chi connectivity index (χ3v) is 7.45. The van der Waals surface area contributed by atoms with Gasteiger partial charge in [-0.3, -0.25) is 20.4 Å². The van der Waals surface area contributed by atoms with E-state index in [1.165, 1.54) is 0 Å². The van der Waals surface area contributed by atoms with Crippen LogP contribution in [0.25, 0.3) is 0 Å². The highest BCUT2D eigenvalue weighted by Gasteiger charge is 2.28. The lowest BCUT2D eigenvalue weighted by atomic mass is 10.0. The fourth-order valence-corrected chi connectivity index (χ4v) is 5.21. The first kappa shape index (κ1) is 30.9. The fraction of sp³-hybridized carbons (Fsp3) is 0.214. The van der Waals surface area contributed by atoms with Crippen LogP contribution >= 0.6 is 0 Å². The second-order valence-corrected chi connectivity index (χ2v) is 11.1. The van der Waals surface area contributed by atoms with Gasteiger partial charge in [-0.25, -0.2) is 13.1 Å². The molecule has 0 spiro atoms. The summed E-state index contributed by atoms with van der Waals surface area (Å²) in [6.45, 7) is -0.718. The molecule has 0 aromatic heterocycles. The first-order valence-electron chi connectivity index (χ1n) is 12.6. The molecule has 216 valence electrons. The smallest absolute Gasteiger partial charge is 0.243 e. The van der Waals surface area contributed by atoms with E-state index in [1.807, 2.05) is 0 Å². The lowest BCUT2D eigenvalue weighted by molar-refractivity contribution is -0.130. The summed E-state index contributed by atoms with van der Waals surface area (Å²) in [5, 5.41) is 30.2. The quantitative estimate of drug-likeness (QED) is 0.0968. The molecule has 0 saturated carbocycles. The molecule has 0 heterocycles. The Morgan fingerprint density at radius 2 is 1.29 bits per heavy atom. The minimum atomic E-state index is -4.00. The van der Waals surface area contributed by atoms with Crippen molar-refractivity contribution in [3.8, 4) is 0 Å². The predicted molar refractivity (Wildman–Crippen MR) is 155 cm³/mol. The van der Waals surface area contributed by atoms with Gasteiger partial charge in [0.2, 0.25) is 21.8 Å². The maximum absolute atomic E-state index is 13.2. The topological polar surface area (TPSA) is 224 Å². The second kappa shape index (κ2) is 14.2. The summed E-state index contributed by atoms with van der Waals surface area (Å²) >= 11 is 0. The van der Waals surface area contributed by atoms with Crippen LogP contribution in [0.5, 0.6) is 0 Å². The number of aliphatic hydroxyl groups is 1. The van der Waals surface area contributed by atoms with Crippen LogP contribution in [-0.2, 0) is 38.3 Å². The number of aliphatic hydroxyl groups excluding tert-OH is 1. The minimum absolute atomic E-state index is 0.0357. The Morgan fingerprint density at radius 1 is 0.756 bits per heavy atom. The van der Waals surface area contributed by atoms with Gasteiger partial charge >= 0.3 is 0 Å². The van der Waals surface area contributed by atoms with Crippen molar-refractivity contribution in [2.75, 3.05) is 6.61 Å². The Morgan fingerprint density at radius 3 is 1.80 bits per heavy atom. The van der Waals surface area contributed by atoms with Gasteiger partial charge in [0.05, 0.1) is 12.4 Å². The van der Waals surface area contributed by atoms with Gasteiger partial charge in [0.25, 0.3) is 0 Å². The van der Waals surface area contributed by atoms with Gasteiger partial charge in [-0.05, 0) is 16.7 Å². The summed E-state index contributed by atoms with van der Waals surface area (Å²) < 4.78 is 27.5. The van der Waals surface area contributed by atoms with Gasteiger partial charge < -0.3 is 27.2 Å². The van der Waals surface area contributed by atoms with E-state index in [0.717, 1.165) is 5.56 Å². The Kier molecular flexibility index (Phi) is 10.7. The zero-order chi connectivity index (χ0) is 30.0. The normalized spacial score (nSPS) is 12.6. The zero-order valence-corrected chi connectivity index (χ0v) is 22.9. The van der Waals surface area contributed by atoms with E-state index in [4.69, 9.17) is 22.3 Å². The van der Waals surface area contributed by atoms with E-state index < -0.39 is 46.3 Å². The molecule has 0 saturated heterocycles. The van der Waals surface area contributed by atoms with E-state index in [2.05, 4.69) is 15.4 Å². The molecule has 2 unspecified atom stereocenters. The minimum Gasteiger partial charge on any atom is -0.394 e. The van der Waals surface area contributed by atoms with Crippen LogP contribution in [0, 0.1) is 10.8 Å². The van der Waals surface area contributed by atoms with E-state index in [-0.39, 0.29) is 24.6 Å². The molecule has 3 aromatic carbocycles. The molecule has 0 aliphatic rings. The van der Waals surface area contributed by atoms with Crippen LogP contribution in [0.4, 0.5) is 0 Å². The van der Waals surface area contributed by atoms with Gasteiger partial charge in [-0.1, -0.05) is 78.9 Å². The molecule has 13 heteroatoms. The lowest BCUT2D eigenvalue weighted by Gasteiger charge is -2.22. The summed E-state index contributed by atoms with van der Waals surface area (Å²) in [5.41, 5.74) is 13.9. The molecule has 2 atom stereocenters. The van der Waals surface area contributed by atoms with Crippen molar-refractivity contribution in [3.05, 3.63) is 107 Å². The molecule has 0 fully saturated rings. The predicted octanol–water partition coefficient (Wildman–Crippen LogP) is 0.0789. The lowest BCUT2D eigenvalue weighted by Crippen LogP contribution is -2.55. The molecule has 0 aliphatic carbocycles. The van der Waals surface area contributed by atoms with Crippen molar-refractivity contribution in [3.63, 3.8) is 0 Å². The van der Waals surface area contributed by atoms with Crippen molar-refractivity contribution in [2.45, 2.75) is 30.8 Å². The molecule has 0 aliphatic heterocycles. The maximum Gasteiger partial charge on any atom is 0.243 e. The van der Waals surface area contributed by atoms with E-state index >= 15 is 0 Å². The summed E-state index contributed by atoms with van der Waals surface area (Å²) in [4.78, 5) is 26.3. The van der Waals surface area contributed by atoms with Crippen LogP contribution in [0.15, 0.2) is 78.9 Å². The van der Waals surface area contributed by atoms with Gasteiger partial charge in [0, 0.05) is 24.1 Å². The Labute approximate surface area is 238 Å². The number of hydrogen-bond donors (Lipinski definition) is 8. The van der Waals surface area contributed by atoms with Crippen LogP contribution in [0.1, 0.15) is 27.8 Å². The molecule has 3 aromatic rings. The number of amides is 2. The Hall–Kier alpha value is -4.59. The fourth-order valence-electron chi connectivity index (χ4n) is 3.88. The van der Waals surface area contributed by atoms with Crippen molar-refractivity contribution in [1.29, 1.82) is 10.8 Å². The molecule has 12 nitrogen and oxygen atoms in total. The molecule has 0 bridgehead atoms. The number of carbonyl (C=O) groups excluding carboxylic acids is 2. The summed E-state index contributed by atoms with van der Waals surface area (Å²) in [7, 11) is -4.00. The average molecular weight is 580 g/mol. The summed E-state index contributed by atoms with van der Waals surface area (Å²) in [6.07, 6.45) is 0.0357. The molecule has 0 radical (unpaired) electrons. The standard InChI is InChI=1S/C28H33N7O5S/c29-25(30)21-10-6-18(7-11-21)14-23(27(37)33-15-19-8-12-22(13-9-19)26(31)32)34-28(38)24(16-36)35-41(39,40)17-20-4-2-1-3-5-20/h1-13,23-24,35-36H,14-17H2,(H3,29,30)(H3,31,32)(H,33,37)(H,34,38). The van der Waals surface area contributed by atoms with Gasteiger partial charge in [0.15, 0.2) is 0 Å². The second-order valence-electron chi connectivity index (χ2n) is 9.30. The largest absolute Gasteiger partial charge is 0.394 e. The third kappa shape index (κ3) is 9.53. The van der Waals surface area contributed by atoms with Gasteiger partial charge in [0.1, 0.15) is 23.8 Å². The van der Waals surface area contributed by atoms with Crippen molar-refractivity contribution in [2.24, 2.45) is 11.5 Å². The van der Waals surface area contributed by atoms with E-state index in [9.17, 15) is 23.1 Å². The van der Waals surface area contributed by atoms with Crippen molar-refractivity contribution < 1.29 is 23.1 Å². The highest BCUT2D eigenvalue weighted by molar-refractivity contribution is 7.88. The number of amidine groups is 2. The van der Waals surface area contributed by atoms with Crippen LogP contribution in [-0.4, -0.2) is 55.7 Å². The van der Waals surface area contributed by atoms with Crippen LogP contribution in [0.3, 0.4) is 0 Å². The average Bonchev–Trinajstić information content (AvgIpc) is 2.95. The number of hydrogen-bond acceptors (Lipinski definition) is 7. The number of nitrogens with one attached hydrogen (secondary N) is 5. The number of rotatable bonds is 14. The highest BCUT2D eigenvalue weighted by atomic mass is 32.2. The van der Waals surface area contributed by atoms with E-state index in [1.54, 1.807) is 78.9 Å². The van der Waals surface area contributed by atoms with Crippen LogP contribution in [0.2, 0.25) is 0 Å². The molecule has 41 heavy (non-hydrogen) atoms. The first-order chi connectivity index (χ1) is 19.5. The number of nitrogens with two attached hydrogens (primary N) is 2. The van der Waals surface area contributed by atoms with Gasteiger partial charge in [-0.2, -0.15) is 0 Å². The summed E-state index contributed by atoms with van der Waals surface area (Å²) in [5.74, 6) is -2.03. The van der Waals surface area contributed by atoms with E-state index in [0.29, 0.717) is 22.3 Å². The number of carbonyl (C=O) groups is 2. The SMILES string of the molecule is N=C(N)c1ccc(CNC(=O)C(Cc2ccc(C(=N)N)cc2)NC(=O)C(CO)NS(=O)(=O)Cc2ccccc2)cc1. The molecule has 10 N–H and O–H groups in total.